The Balaban J connectivity index is 0.00000400. The molecule has 0 aromatic carbocycles. The van der Waals surface area contributed by atoms with Crippen molar-refractivity contribution in [2.24, 2.45) is 10.9 Å². The molecule has 0 aromatic rings. The molecule has 124 valence electrons. The molecule has 5 nitrogen and oxygen atoms in total. The Bertz CT molecular complexity index is 344. The summed E-state index contributed by atoms with van der Waals surface area (Å²) in [5, 5.41) is 9.47. The standard InChI is InChI=1S/C14H28N4OS.HI/c1-11(2)12(19)16-7-8-17-13(15-4)18-10-14(3)6-5-9-20-14;/h11H,5-10H2,1-4H3,(H,16,19)(H2,15,17,18);1H. The Morgan fingerprint density at radius 2 is 1.95 bits per heavy atom. The predicted octanol–water partition coefficient (Wildman–Crippen LogP) is 1.83. The number of nitrogens with one attached hydrogen (secondary N) is 3. The highest BCUT2D eigenvalue weighted by Crippen LogP contribution is 2.36. The normalized spacial score (nSPS) is 21.9. The van der Waals surface area contributed by atoms with E-state index in [0.717, 1.165) is 12.5 Å². The van der Waals surface area contributed by atoms with E-state index in [4.69, 9.17) is 0 Å². The molecule has 1 saturated heterocycles. The second-order valence-electron chi connectivity index (χ2n) is 5.70. The molecular formula is C14H29IN4OS. The molecule has 1 heterocycles. The Kier molecular flexibility index (Phi) is 10.4. The highest BCUT2D eigenvalue weighted by atomic mass is 127. The fourth-order valence-electron chi connectivity index (χ4n) is 2.04. The minimum atomic E-state index is 0. The summed E-state index contributed by atoms with van der Waals surface area (Å²) in [6, 6.07) is 0. The van der Waals surface area contributed by atoms with Gasteiger partial charge in [0, 0.05) is 37.3 Å². The van der Waals surface area contributed by atoms with Gasteiger partial charge in [0.1, 0.15) is 0 Å². The molecule has 1 rings (SSSR count). The van der Waals surface area contributed by atoms with Gasteiger partial charge in [-0.25, -0.2) is 0 Å². The zero-order valence-corrected chi connectivity index (χ0v) is 16.6. The molecule has 0 spiro atoms. The van der Waals surface area contributed by atoms with Crippen molar-refractivity contribution in [3.05, 3.63) is 0 Å². The smallest absolute Gasteiger partial charge is 0.222 e. The van der Waals surface area contributed by atoms with Gasteiger partial charge in [-0.15, -0.1) is 24.0 Å². The van der Waals surface area contributed by atoms with Gasteiger partial charge in [-0.05, 0) is 25.5 Å². The molecule has 1 amide bonds. The molecule has 0 bridgehead atoms. The monoisotopic (exact) mass is 428 g/mol. The summed E-state index contributed by atoms with van der Waals surface area (Å²) in [4.78, 5) is 15.6. The van der Waals surface area contributed by atoms with E-state index in [1.165, 1.54) is 18.6 Å². The average molecular weight is 428 g/mol. The van der Waals surface area contributed by atoms with Crippen molar-refractivity contribution in [3.8, 4) is 0 Å². The molecule has 1 aliphatic heterocycles. The first kappa shape index (κ1) is 20.8. The lowest BCUT2D eigenvalue weighted by atomic mass is 10.1. The topological polar surface area (TPSA) is 65.5 Å². The lowest BCUT2D eigenvalue weighted by Gasteiger charge is -2.24. The summed E-state index contributed by atoms with van der Waals surface area (Å²) in [7, 11) is 1.77. The third-order valence-electron chi connectivity index (χ3n) is 3.39. The van der Waals surface area contributed by atoms with Gasteiger partial charge in [0.2, 0.25) is 5.91 Å². The van der Waals surface area contributed by atoms with Gasteiger partial charge in [0.05, 0.1) is 0 Å². The van der Waals surface area contributed by atoms with Crippen molar-refractivity contribution < 1.29 is 4.79 Å². The Morgan fingerprint density at radius 1 is 1.29 bits per heavy atom. The number of rotatable bonds is 6. The first-order valence-corrected chi connectivity index (χ1v) is 8.31. The van der Waals surface area contributed by atoms with E-state index in [2.05, 4.69) is 27.9 Å². The summed E-state index contributed by atoms with van der Waals surface area (Å²) < 4.78 is 0.323. The van der Waals surface area contributed by atoms with Crippen molar-refractivity contribution in [3.63, 3.8) is 0 Å². The van der Waals surface area contributed by atoms with Gasteiger partial charge in [0.15, 0.2) is 5.96 Å². The van der Waals surface area contributed by atoms with Crippen LogP contribution in [-0.4, -0.2) is 49.0 Å². The Hall–Kier alpha value is -0.180. The molecule has 21 heavy (non-hydrogen) atoms. The molecular weight excluding hydrogens is 399 g/mol. The number of hydrogen-bond acceptors (Lipinski definition) is 3. The lowest BCUT2D eigenvalue weighted by molar-refractivity contribution is -0.123. The van der Waals surface area contributed by atoms with Crippen molar-refractivity contribution in [1.82, 2.24) is 16.0 Å². The number of hydrogen-bond donors (Lipinski definition) is 3. The van der Waals surface area contributed by atoms with Gasteiger partial charge < -0.3 is 16.0 Å². The number of nitrogens with zero attached hydrogens (tertiary/aromatic N) is 1. The predicted molar refractivity (Wildman–Crippen MR) is 103 cm³/mol. The van der Waals surface area contributed by atoms with Crippen LogP contribution in [0.1, 0.15) is 33.6 Å². The number of aliphatic imine (C=N–C) groups is 1. The van der Waals surface area contributed by atoms with Gasteiger partial charge in [-0.1, -0.05) is 13.8 Å². The van der Waals surface area contributed by atoms with Gasteiger partial charge in [-0.2, -0.15) is 11.8 Å². The van der Waals surface area contributed by atoms with Crippen LogP contribution in [0.2, 0.25) is 0 Å². The first-order valence-electron chi connectivity index (χ1n) is 7.33. The van der Waals surface area contributed by atoms with Gasteiger partial charge in [0.25, 0.3) is 0 Å². The first-order chi connectivity index (χ1) is 9.47. The van der Waals surface area contributed by atoms with E-state index in [0.29, 0.717) is 17.8 Å². The van der Waals surface area contributed by atoms with Crippen LogP contribution in [0.15, 0.2) is 4.99 Å². The molecule has 1 fully saturated rings. The number of amides is 1. The molecule has 1 aliphatic rings. The summed E-state index contributed by atoms with van der Waals surface area (Å²) in [5.74, 6) is 2.18. The zero-order chi connectivity index (χ0) is 15.0. The molecule has 3 N–H and O–H groups in total. The Labute approximate surface area is 149 Å². The quantitative estimate of drug-likeness (QED) is 0.262. The van der Waals surface area contributed by atoms with Gasteiger partial charge >= 0.3 is 0 Å². The Morgan fingerprint density at radius 3 is 2.48 bits per heavy atom. The summed E-state index contributed by atoms with van der Waals surface area (Å²) in [5.41, 5.74) is 0. The fourth-order valence-corrected chi connectivity index (χ4v) is 3.28. The maximum absolute atomic E-state index is 11.4. The molecule has 1 unspecified atom stereocenters. The van der Waals surface area contributed by atoms with Crippen LogP contribution in [0.5, 0.6) is 0 Å². The minimum absolute atomic E-state index is 0. The lowest BCUT2D eigenvalue weighted by Crippen LogP contribution is -2.45. The maximum Gasteiger partial charge on any atom is 0.222 e. The third kappa shape index (κ3) is 8.13. The van der Waals surface area contributed by atoms with Crippen LogP contribution < -0.4 is 16.0 Å². The maximum atomic E-state index is 11.4. The summed E-state index contributed by atoms with van der Waals surface area (Å²) in [6.07, 6.45) is 2.56. The van der Waals surface area contributed by atoms with E-state index >= 15 is 0 Å². The van der Waals surface area contributed by atoms with Crippen LogP contribution in [0.4, 0.5) is 0 Å². The van der Waals surface area contributed by atoms with Crippen LogP contribution in [0, 0.1) is 5.92 Å². The SMILES string of the molecule is CN=C(NCCNC(=O)C(C)C)NCC1(C)CCCS1.I. The van der Waals surface area contributed by atoms with E-state index in [1.54, 1.807) is 7.05 Å². The second-order valence-corrected chi connectivity index (χ2v) is 7.38. The zero-order valence-electron chi connectivity index (χ0n) is 13.5. The highest BCUT2D eigenvalue weighted by Gasteiger charge is 2.29. The average Bonchev–Trinajstić information content (AvgIpc) is 2.84. The number of carbonyl (C=O) groups excluding carboxylic acids is 1. The molecule has 0 saturated carbocycles. The molecule has 0 aromatic heterocycles. The van der Waals surface area contributed by atoms with Crippen LogP contribution in [0.3, 0.4) is 0 Å². The van der Waals surface area contributed by atoms with E-state index in [9.17, 15) is 4.79 Å². The number of halogens is 1. The van der Waals surface area contributed by atoms with Crippen molar-refractivity contribution >= 4 is 47.6 Å². The molecule has 0 radical (unpaired) electrons. The van der Waals surface area contributed by atoms with Crippen molar-refractivity contribution in [2.75, 3.05) is 32.4 Å². The molecule has 0 aliphatic carbocycles. The van der Waals surface area contributed by atoms with Gasteiger partial charge in [-0.3, -0.25) is 9.79 Å². The minimum Gasteiger partial charge on any atom is -0.355 e. The second kappa shape index (κ2) is 10.5. The number of carbonyl (C=O) groups is 1. The number of guanidine groups is 1. The summed E-state index contributed by atoms with van der Waals surface area (Å²) in [6.45, 7) is 8.31. The molecule has 1 atom stereocenters. The largest absolute Gasteiger partial charge is 0.355 e. The molecule has 7 heteroatoms. The van der Waals surface area contributed by atoms with Crippen molar-refractivity contribution in [1.29, 1.82) is 0 Å². The third-order valence-corrected chi connectivity index (χ3v) is 4.93. The van der Waals surface area contributed by atoms with Crippen LogP contribution in [0.25, 0.3) is 0 Å². The summed E-state index contributed by atoms with van der Waals surface area (Å²) >= 11 is 2.03. The van der Waals surface area contributed by atoms with E-state index < -0.39 is 0 Å². The number of thioether (sulfide) groups is 1. The van der Waals surface area contributed by atoms with E-state index in [1.807, 2.05) is 25.6 Å². The fraction of sp³-hybridized carbons (Fsp3) is 0.857. The van der Waals surface area contributed by atoms with Crippen molar-refractivity contribution in [2.45, 2.75) is 38.4 Å². The van der Waals surface area contributed by atoms with Crippen LogP contribution in [-0.2, 0) is 4.79 Å². The van der Waals surface area contributed by atoms with Crippen LogP contribution >= 0.6 is 35.7 Å². The highest BCUT2D eigenvalue weighted by molar-refractivity contribution is 14.0. The van der Waals surface area contributed by atoms with E-state index in [-0.39, 0.29) is 35.8 Å².